The molecule has 132 valence electrons. The third-order valence-electron chi connectivity index (χ3n) is 5.01. The molecule has 3 N–H and O–H groups in total. The van der Waals surface area contributed by atoms with Gasteiger partial charge in [0.25, 0.3) is 5.91 Å². The first-order valence-corrected chi connectivity index (χ1v) is 9.00. The number of amides is 2. The Morgan fingerprint density at radius 2 is 2.04 bits per heavy atom. The summed E-state index contributed by atoms with van der Waals surface area (Å²) in [7, 11) is 0. The number of likely N-dealkylation sites (tertiary alicyclic amines) is 1. The highest BCUT2D eigenvalue weighted by Gasteiger charge is 2.38. The van der Waals surface area contributed by atoms with E-state index in [1.54, 1.807) is 0 Å². The molecule has 0 aromatic rings. The zero-order valence-electron chi connectivity index (χ0n) is 14.4. The molecule has 6 heteroatoms. The second-order valence-electron chi connectivity index (χ2n) is 6.82. The SMILES string of the molecule is CCCCNC(=O)C1CCC(C)N(C(=O)[C@@H]2CC[C@H](CN)O2)C1. The van der Waals surface area contributed by atoms with E-state index in [4.69, 9.17) is 10.5 Å². The van der Waals surface area contributed by atoms with Crippen LogP contribution in [0.4, 0.5) is 0 Å². The van der Waals surface area contributed by atoms with E-state index in [-0.39, 0.29) is 36.0 Å². The molecule has 0 aliphatic carbocycles. The summed E-state index contributed by atoms with van der Waals surface area (Å²) in [6.07, 6.45) is 4.96. The van der Waals surface area contributed by atoms with Gasteiger partial charge in [0, 0.05) is 25.7 Å². The van der Waals surface area contributed by atoms with Gasteiger partial charge in [-0.1, -0.05) is 13.3 Å². The molecule has 4 atom stereocenters. The summed E-state index contributed by atoms with van der Waals surface area (Å²) in [5.74, 6) is 0.00791. The lowest BCUT2D eigenvalue weighted by Gasteiger charge is -2.38. The average molecular weight is 325 g/mol. The van der Waals surface area contributed by atoms with Gasteiger partial charge >= 0.3 is 0 Å². The minimum Gasteiger partial charge on any atom is -0.364 e. The van der Waals surface area contributed by atoms with E-state index in [1.807, 2.05) is 4.90 Å². The Morgan fingerprint density at radius 1 is 1.26 bits per heavy atom. The second kappa shape index (κ2) is 8.64. The number of hydrogen-bond acceptors (Lipinski definition) is 4. The van der Waals surface area contributed by atoms with Gasteiger partial charge < -0.3 is 20.7 Å². The van der Waals surface area contributed by atoms with E-state index in [0.717, 1.165) is 45.1 Å². The lowest BCUT2D eigenvalue weighted by Crippen LogP contribution is -2.52. The zero-order chi connectivity index (χ0) is 16.8. The van der Waals surface area contributed by atoms with Gasteiger partial charge in [-0.25, -0.2) is 0 Å². The predicted octanol–water partition coefficient (Wildman–Crippen LogP) is 1.04. The number of carbonyl (C=O) groups is 2. The Balaban J connectivity index is 1.90. The largest absolute Gasteiger partial charge is 0.364 e. The number of ether oxygens (including phenoxy) is 1. The van der Waals surface area contributed by atoms with Crippen molar-refractivity contribution >= 4 is 11.8 Å². The van der Waals surface area contributed by atoms with Crippen LogP contribution in [0.1, 0.15) is 52.4 Å². The summed E-state index contributed by atoms with van der Waals surface area (Å²) in [6.45, 7) is 5.84. The Labute approximate surface area is 139 Å². The third-order valence-corrected chi connectivity index (χ3v) is 5.01. The molecule has 2 unspecified atom stereocenters. The van der Waals surface area contributed by atoms with Crippen molar-refractivity contribution in [2.75, 3.05) is 19.6 Å². The van der Waals surface area contributed by atoms with Crippen LogP contribution in [0.15, 0.2) is 0 Å². The molecule has 0 spiro atoms. The van der Waals surface area contributed by atoms with Crippen molar-refractivity contribution in [3.05, 3.63) is 0 Å². The monoisotopic (exact) mass is 325 g/mol. The van der Waals surface area contributed by atoms with Crippen LogP contribution >= 0.6 is 0 Å². The minimum atomic E-state index is -0.382. The third kappa shape index (κ3) is 4.67. The molecule has 0 radical (unpaired) electrons. The van der Waals surface area contributed by atoms with E-state index in [9.17, 15) is 9.59 Å². The lowest BCUT2D eigenvalue weighted by molar-refractivity contribution is -0.148. The van der Waals surface area contributed by atoms with E-state index in [2.05, 4.69) is 19.2 Å². The summed E-state index contributed by atoms with van der Waals surface area (Å²) in [5.41, 5.74) is 5.62. The maximum atomic E-state index is 12.7. The molecule has 0 aromatic carbocycles. The maximum Gasteiger partial charge on any atom is 0.251 e. The molecule has 2 saturated heterocycles. The van der Waals surface area contributed by atoms with Gasteiger partial charge in [0.05, 0.1) is 12.0 Å². The van der Waals surface area contributed by atoms with Crippen molar-refractivity contribution in [2.24, 2.45) is 11.7 Å². The van der Waals surface area contributed by atoms with Crippen LogP contribution in [-0.4, -0.2) is 54.6 Å². The van der Waals surface area contributed by atoms with Crippen molar-refractivity contribution in [2.45, 2.75) is 70.6 Å². The Morgan fingerprint density at radius 3 is 2.70 bits per heavy atom. The Bertz CT molecular complexity index is 416. The van der Waals surface area contributed by atoms with Gasteiger partial charge in [0.15, 0.2) is 0 Å². The van der Waals surface area contributed by atoms with Gasteiger partial charge in [-0.2, -0.15) is 0 Å². The highest BCUT2D eigenvalue weighted by Crippen LogP contribution is 2.27. The molecular weight excluding hydrogens is 294 g/mol. The molecule has 0 bridgehead atoms. The van der Waals surface area contributed by atoms with Crippen LogP contribution in [-0.2, 0) is 14.3 Å². The summed E-state index contributed by atoms with van der Waals surface area (Å²) >= 11 is 0. The van der Waals surface area contributed by atoms with Crippen molar-refractivity contribution in [1.82, 2.24) is 10.2 Å². The molecule has 23 heavy (non-hydrogen) atoms. The van der Waals surface area contributed by atoms with E-state index >= 15 is 0 Å². The van der Waals surface area contributed by atoms with Crippen LogP contribution < -0.4 is 11.1 Å². The van der Waals surface area contributed by atoms with Crippen LogP contribution in [0.5, 0.6) is 0 Å². The number of hydrogen-bond donors (Lipinski definition) is 2. The summed E-state index contributed by atoms with van der Waals surface area (Å²) in [6, 6.07) is 0.169. The smallest absolute Gasteiger partial charge is 0.251 e. The second-order valence-corrected chi connectivity index (χ2v) is 6.82. The Kier molecular flexibility index (Phi) is 6.84. The number of nitrogens with one attached hydrogen (secondary N) is 1. The maximum absolute atomic E-state index is 12.7. The fourth-order valence-electron chi connectivity index (χ4n) is 3.41. The van der Waals surface area contributed by atoms with Crippen molar-refractivity contribution < 1.29 is 14.3 Å². The van der Waals surface area contributed by atoms with Crippen molar-refractivity contribution in [3.8, 4) is 0 Å². The van der Waals surface area contributed by atoms with E-state index < -0.39 is 0 Å². The highest BCUT2D eigenvalue weighted by molar-refractivity contribution is 5.84. The molecule has 2 aliphatic heterocycles. The van der Waals surface area contributed by atoms with E-state index in [0.29, 0.717) is 13.1 Å². The molecule has 6 nitrogen and oxygen atoms in total. The molecule has 2 rings (SSSR count). The van der Waals surface area contributed by atoms with Gasteiger partial charge in [0.2, 0.25) is 5.91 Å². The summed E-state index contributed by atoms with van der Waals surface area (Å²) in [4.78, 5) is 26.8. The zero-order valence-corrected chi connectivity index (χ0v) is 14.4. The van der Waals surface area contributed by atoms with Crippen molar-refractivity contribution in [3.63, 3.8) is 0 Å². The highest BCUT2D eigenvalue weighted by atomic mass is 16.5. The number of unbranched alkanes of at least 4 members (excludes halogenated alkanes) is 1. The Hall–Kier alpha value is -1.14. The van der Waals surface area contributed by atoms with Crippen LogP contribution in [0.3, 0.4) is 0 Å². The quantitative estimate of drug-likeness (QED) is 0.715. The molecule has 2 aliphatic rings. The van der Waals surface area contributed by atoms with Crippen LogP contribution in [0.2, 0.25) is 0 Å². The standard InChI is InChI=1S/C17H31N3O3/c1-3-4-9-19-16(21)13-6-5-12(2)20(11-13)17(22)15-8-7-14(10-18)23-15/h12-15H,3-11,18H2,1-2H3,(H,19,21)/t12?,13?,14-,15+/m1/s1. The number of nitrogens with two attached hydrogens (primary N) is 1. The topological polar surface area (TPSA) is 84.7 Å². The fraction of sp³-hybridized carbons (Fsp3) is 0.882. The number of nitrogens with zero attached hydrogens (tertiary/aromatic N) is 1. The molecule has 0 aromatic heterocycles. The van der Waals surface area contributed by atoms with Crippen LogP contribution in [0.25, 0.3) is 0 Å². The molecule has 2 heterocycles. The lowest BCUT2D eigenvalue weighted by atomic mass is 9.92. The first-order chi connectivity index (χ1) is 11.1. The summed E-state index contributed by atoms with van der Waals surface area (Å²) in [5, 5.41) is 2.99. The minimum absolute atomic E-state index is 0.00261. The average Bonchev–Trinajstić information content (AvgIpc) is 3.04. The molecule has 0 saturated carbocycles. The van der Waals surface area contributed by atoms with Gasteiger partial charge in [-0.15, -0.1) is 0 Å². The fourth-order valence-corrected chi connectivity index (χ4v) is 3.41. The number of rotatable bonds is 6. The van der Waals surface area contributed by atoms with Gasteiger partial charge in [-0.3, -0.25) is 9.59 Å². The van der Waals surface area contributed by atoms with E-state index in [1.165, 1.54) is 0 Å². The number of carbonyl (C=O) groups excluding carboxylic acids is 2. The number of piperidine rings is 1. The molecule has 2 amide bonds. The van der Waals surface area contributed by atoms with Gasteiger partial charge in [-0.05, 0) is 39.0 Å². The van der Waals surface area contributed by atoms with Gasteiger partial charge in [0.1, 0.15) is 6.10 Å². The first-order valence-electron chi connectivity index (χ1n) is 9.00. The summed E-state index contributed by atoms with van der Waals surface area (Å²) < 4.78 is 5.73. The first kappa shape index (κ1) is 18.2. The predicted molar refractivity (Wildman–Crippen MR) is 88.8 cm³/mol. The van der Waals surface area contributed by atoms with Crippen molar-refractivity contribution in [1.29, 1.82) is 0 Å². The van der Waals surface area contributed by atoms with Crippen LogP contribution in [0, 0.1) is 5.92 Å². The normalized spacial score (nSPS) is 31.2. The molecule has 2 fully saturated rings. The molecular formula is C17H31N3O3.